The minimum Gasteiger partial charge on any atom is -0.508 e. The Labute approximate surface area is 120 Å². The lowest BCUT2D eigenvalue weighted by molar-refractivity contribution is 0.463. The normalized spacial score (nSPS) is 17.8. The third-order valence-corrected chi connectivity index (χ3v) is 4.30. The van der Waals surface area contributed by atoms with Crippen LogP contribution in [0.2, 0.25) is 0 Å². The first-order valence-electron chi connectivity index (χ1n) is 7.25. The Morgan fingerprint density at radius 2 is 1.95 bits per heavy atom. The molecule has 0 aromatic heterocycles. The molecular formula is C18H21NO. The SMILES string of the molecule is Cc1ccc(CC2NCCc3ccc(O)cc32)cc1C. The molecule has 1 aliphatic heterocycles. The highest BCUT2D eigenvalue weighted by Gasteiger charge is 2.20. The fraction of sp³-hybridized carbons (Fsp3) is 0.333. The highest BCUT2D eigenvalue weighted by Crippen LogP contribution is 2.29. The van der Waals surface area contributed by atoms with Crippen molar-refractivity contribution in [3.63, 3.8) is 0 Å². The van der Waals surface area contributed by atoms with Crippen LogP contribution in [0.4, 0.5) is 0 Å². The van der Waals surface area contributed by atoms with E-state index >= 15 is 0 Å². The number of phenolic OH excluding ortho intramolecular Hbond substituents is 1. The van der Waals surface area contributed by atoms with Crippen molar-refractivity contribution < 1.29 is 5.11 Å². The predicted molar refractivity (Wildman–Crippen MR) is 82.2 cm³/mol. The van der Waals surface area contributed by atoms with Crippen LogP contribution >= 0.6 is 0 Å². The highest BCUT2D eigenvalue weighted by molar-refractivity contribution is 5.40. The number of hydrogen-bond donors (Lipinski definition) is 2. The Hall–Kier alpha value is -1.80. The first kappa shape index (κ1) is 13.2. The maximum atomic E-state index is 9.72. The fourth-order valence-electron chi connectivity index (χ4n) is 2.97. The van der Waals surface area contributed by atoms with Crippen LogP contribution in [0.15, 0.2) is 36.4 Å². The van der Waals surface area contributed by atoms with Crippen LogP contribution in [-0.4, -0.2) is 11.7 Å². The maximum Gasteiger partial charge on any atom is 0.115 e. The van der Waals surface area contributed by atoms with Crippen LogP contribution in [0, 0.1) is 13.8 Å². The van der Waals surface area contributed by atoms with Crippen molar-refractivity contribution in [2.45, 2.75) is 32.7 Å². The molecule has 2 N–H and O–H groups in total. The van der Waals surface area contributed by atoms with E-state index in [9.17, 15) is 5.11 Å². The topological polar surface area (TPSA) is 32.3 Å². The molecule has 1 unspecified atom stereocenters. The maximum absolute atomic E-state index is 9.72. The molecule has 2 aromatic rings. The molecule has 0 aliphatic carbocycles. The molecule has 0 spiro atoms. The van der Waals surface area contributed by atoms with Crippen molar-refractivity contribution >= 4 is 0 Å². The monoisotopic (exact) mass is 267 g/mol. The highest BCUT2D eigenvalue weighted by atomic mass is 16.3. The Bertz CT molecular complexity index is 633. The van der Waals surface area contributed by atoms with Gasteiger partial charge in [-0.15, -0.1) is 0 Å². The van der Waals surface area contributed by atoms with Gasteiger partial charge in [0.25, 0.3) is 0 Å². The van der Waals surface area contributed by atoms with Gasteiger partial charge in [-0.05, 0) is 73.2 Å². The number of fused-ring (bicyclic) bond motifs is 1. The summed E-state index contributed by atoms with van der Waals surface area (Å²) in [6.07, 6.45) is 2.01. The Balaban J connectivity index is 1.89. The van der Waals surface area contributed by atoms with E-state index in [0.29, 0.717) is 11.8 Å². The van der Waals surface area contributed by atoms with Gasteiger partial charge in [0.2, 0.25) is 0 Å². The average Bonchev–Trinajstić information content (AvgIpc) is 2.44. The van der Waals surface area contributed by atoms with Gasteiger partial charge in [-0.1, -0.05) is 24.3 Å². The Kier molecular flexibility index (Phi) is 3.49. The molecule has 2 heteroatoms. The molecule has 2 nitrogen and oxygen atoms in total. The fourth-order valence-corrected chi connectivity index (χ4v) is 2.97. The van der Waals surface area contributed by atoms with E-state index < -0.39 is 0 Å². The van der Waals surface area contributed by atoms with Crippen LogP contribution in [-0.2, 0) is 12.8 Å². The lowest BCUT2D eigenvalue weighted by Crippen LogP contribution is -2.31. The van der Waals surface area contributed by atoms with E-state index in [1.165, 1.54) is 27.8 Å². The van der Waals surface area contributed by atoms with Gasteiger partial charge >= 0.3 is 0 Å². The van der Waals surface area contributed by atoms with Crippen LogP contribution < -0.4 is 5.32 Å². The third-order valence-electron chi connectivity index (χ3n) is 4.30. The minimum absolute atomic E-state index is 0.299. The lowest BCUT2D eigenvalue weighted by atomic mass is 9.89. The van der Waals surface area contributed by atoms with Gasteiger partial charge < -0.3 is 10.4 Å². The van der Waals surface area contributed by atoms with Crippen molar-refractivity contribution in [3.05, 3.63) is 64.2 Å². The first-order valence-corrected chi connectivity index (χ1v) is 7.25. The van der Waals surface area contributed by atoms with Crippen LogP contribution in [0.3, 0.4) is 0 Å². The third kappa shape index (κ3) is 2.56. The van der Waals surface area contributed by atoms with E-state index in [2.05, 4.69) is 43.4 Å². The van der Waals surface area contributed by atoms with Crippen LogP contribution in [0.25, 0.3) is 0 Å². The molecular weight excluding hydrogens is 246 g/mol. The van der Waals surface area contributed by atoms with E-state index in [1.807, 2.05) is 6.07 Å². The predicted octanol–water partition coefficient (Wildman–Crippen LogP) is 3.44. The molecule has 0 saturated heterocycles. The zero-order chi connectivity index (χ0) is 14.1. The smallest absolute Gasteiger partial charge is 0.115 e. The molecule has 0 bridgehead atoms. The van der Waals surface area contributed by atoms with Gasteiger partial charge in [0.1, 0.15) is 5.75 Å². The summed E-state index contributed by atoms with van der Waals surface area (Å²) < 4.78 is 0. The van der Waals surface area contributed by atoms with Gasteiger partial charge in [0, 0.05) is 6.04 Å². The number of nitrogens with one attached hydrogen (secondary N) is 1. The zero-order valence-electron chi connectivity index (χ0n) is 12.1. The summed E-state index contributed by atoms with van der Waals surface area (Å²) >= 11 is 0. The number of hydrogen-bond acceptors (Lipinski definition) is 2. The number of aromatic hydroxyl groups is 1. The summed E-state index contributed by atoms with van der Waals surface area (Å²) in [7, 11) is 0. The summed E-state index contributed by atoms with van der Waals surface area (Å²) in [5, 5.41) is 13.3. The number of benzene rings is 2. The number of aryl methyl sites for hydroxylation is 2. The average molecular weight is 267 g/mol. The summed E-state index contributed by atoms with van der Waals surface area (Å²) in [6, 6.07) is 12.7. The number of phenols is 1. The molecule has 20 heavy (non-hydrogen) atoms. The summed E-state index contributed by atoms with van der Waals surface area (Å²) in [5.41, 5.74) is 6.63. The molecule has 1 heterocycles. The van der Waals surface area contributed by atoms with Crippen LogP contribution in [0.1, 0.15) is 33.9 Å². The summed E-state index contributed by atoms with van der Waals surface area (Å²) in [6.45, 7) is 5.31. The molecule has 1 aliphatic rings. The van der Waals surface area contributed by atoms with Gasteiger partial charge in [-0.3, -0.25) is 0 Å². The van der Waals surface area contributed by atoms with Gasteiger partial charge in [0.15, 0.2) is 0 Å². The Morgan fingerprint density at radius 1 is 1.10 bits per heavy atom. The minimum atomic E-state index is 0.299. The largest absolute Gasteiger partial charge is 0.508 e. The molecule has 0 radical (unpaired) electrons. The summed E-state index contributed by atoms with van der Waals surface area (Å²) in [5.74, 6) is 0.359. The molecule has 0 amide bonds. The van der Waals surface area contributed by atoms with Crippen molar-refractivity contribution in [1.82, 2.24) is 5.32 Å². The quantitative estimate of drug-likeness (QED) is 0.873. The second kappa shape index (κ2) is 5.29. The zero-order valence-corrected chi connectivity index (χ0v) is 12.1. The molecule has 3 rings (SSSR count). The first-order chi connectivity index (χ1) is 9.63. The Morgan fingerprint density at radius 3 is 2.75 bits per heavy atom. The molecule has 2 aromatic carbocycles. The van der Waals surface area contributed by atoms with Crippen molar-refractivity contribution in [2.24, 2.45) is 0 Å². The van der Waals surface area contributed by atoms with Crippen molar-refractivity contribution in [1.29, 1.82) is 0 Å². The number of rotatable bonds is 2. The molecule has 1 atom stereocenters. The van der Waals surface area contributed by atoms with E-state index in [-0.39, 0.29) is 0 Å². The lowest BCUT2D eigenvalue weighted by Gasteiger charge is -2.27. The molecule has 0 fully saturated rings. The van der Waals surface area contributed by atoms with Crippen LogP contribution in [0.5, 0.6) is 5.75 Å². The van der Waals surface area contributed by atoms with E-state index in [0.717, 1.165) is 19.4 Å². The van der Waals surface area contributed by atoms with Crippen molar-refractivity contribution in [3.8, 4) is 5.75 Å². The van der Waals surface area contributed by atoms with E-state index in [1.54, 1.807) is 6.07 Å². The van der Waals surface area contributed by atoms with Gasteiger partial charge in [-0.25, -0.2) is 0 Å². The standard InChI is InChI=1S/C18H21NO/c1-12-3-4-14(9-13(12)2)10-18-17-11-16(20)6-5-15(17)7-8-19-18/h3-6,9,11,18-20H,7-8,10H2,1-2H3. The molecule has 104 valence electrons. The van der Waals surface area contributed by atoms with Gasteiger partial charge in [-0.2, -0.15) is 0 Å². The van der Waals surface area contributed by atoms with E-state index in [4.69, 9.17) is 0 Å². The second-order valence-electron chi connectivity index (χ2n) is 5.76. The van der Waals surface area contributed by atoms with Crippen molar-refractivity contribution in [2.75, 3.05) is 6.54 Å². The summed E-state index contributed by atoms with van der Waals surface area (Å²) in [4.78, 5) is 0. The molecule has 0 saturated carbocycles. The second-order valence-corrected chi connectivity index (χ2v) is 5.76. The van der Waals surface area contributed by atoms with Gasteiger partial charge in [0.05, 0.1) is 0 Å².